The molecule has 1 amide bonds. The van der Waals surface area contributed by atoms with Crippen molar-refractivity contribution in [3.8, 4) is 5.75 Å². The summed E-state index contributed by atoms with van der Waals surface area (Å²) in [4.78, 5) is 13.7. The molecular formula is C22H26Cl2N6O3. The summed E-state index contributed by atoms with van der Waals surface area (Å²) in [5.41, 5.74) is 8.05. The highest BCUT2D eigenvalue weighted by molar-refractivity contribution is 6.42. The van der Waals surface area contributed by atoms with Crippen molar-refractivity contribution < 1.29 is 14.6 Å². The molecule has 2 aromatic heterocycles. The summed E-state index contributed by atoms with van der Waals surface area (Å²) in [7, 11) is 0. The van der Waals surface area contributed by atoms with E-state index in [1.807, 2.05) is 13.0 Å². The van der Waals surface area contributed by atoms with Gasteiger partial charge >= 0.3 is 0 Å². The first-order valence-electron chi connectivity index (χ1n) is 10.8. The van der Waals surface area contributed by atoms with Crippen LogP contribution < -0.4 is 10.5 Å². The van der Waals surface area contributed by atoms with Crippen LogP contribution >= 0.6 is 23.2 Å². The zero-order valence-electron chi connectivity index (χ0n) is 18.5. The maximum atomic E-state index is 11.5. The van der Waals surface area contributed by atoms with Crippen LogP contribution in [0, 0.1) is 13.8 Å². The lowest BCUT2D eigenvalue weighted by Crippen LogP contribution is -2.42. The number of aliphatic hydroxyl groups is 1. The van der Waals surface area contributed by atoms with Crippen LogP contribution in [0.4, 0.5) is 0 Å². The van der Waals surface area contributed by atoms with Crippen LogP contribution in [0.5, 0.6) is 5.75 Å². The van der Waals surface area contributed by atoms with E-state index < -0.39 is 12.0 Å². The summed E-state index contributed by atoms with van der Waals surface area (Å²) >= 11 is 12.0. The van der Waals surface area contributed by atoms with Gasteiger partial charge in [-0.15, -0.1) is 10.2 Å². The predicted octanol–water partition coefficient (Wildman–Crippen LogP) is 2.59. The standard InChI is InChI=1S/C22H26Cl2N6O3/c1-12-17(22-27-26-20(21(25)32)13(2)30(22)28-12)9-14(31)11-29-7-5-15(6-8-29)33-16-3-4-18(23)19(24)10-16/h3-4,10,14-15,31H,5-9,11H2,1-2H3,(H2,25,32)/t14-/m1/s1. The fraction of sp³-hybridized carbons (Fsp3) is 0.455. The second-order valence-electron chi connectivity index (χ2n) is 8.35. The largest absolute Gasteiger partial charge is 0.490 e. The Morgan fingerprint density at radius 1 is 1.24 bits per heavy atom. The Morgan fingerprint density at radius 3 is 2.64 bits per heavy atom. The molecule has 0 unspecified atom stereocenters. The second-order valence-corrected chi connectivity index (χ2v) is 9.16. The van der Waals surface area contributed by atoms with E-state index in [2.05, 4.69) is 20.2 Å². The van der Waals surface area contributed by atoms with Crippen LogP contribution in [0.2, 0.25) is 10.0 Å². The number of nitrogens with two attached hydrogens (primary N) is 1. The first-order chi connectivity index (χ1) is 15.7. The minimum absolute atomic E-state index is 0.0862. The van der Waals surface area contributed by atoms with Crippen molar-refractivity contribution in [2.75, 3.05) is 19.6 Å². The number of carbonyl (C=O) groups is 1. The molecule has 11 heteroatoms. The van der Waals surface area contributed by atoms with E-state index in [9.17, 15) is 9.90 Å². The quantitative estimate of drug-likeness (QED) is 0.519. The fourth-order valence-electron chi connectivity index (χ4n) is 4.17. The lowest BCUT2D eigenvalue weighted by Gasteiger charge is -2.33. The van der Waals surface area contributed by atoms with Crippen molar-refractivity contribution in [2.45, 2.75) is 45.3 Å². The van der Waals surface area contributed by atoms with Crippen LogP contribution in [0.15, 0.2) is 18.2 Å². The molecule has 3 aromatic rings. The summed E-state index contributed by atoms with van der Waals surface area (Å²) in [6.45, 7) is 5.74. The number of fused-ring (bicyclic) bond motifs is 1. The van der Waals surface area contributed by atoms with Crippen LogP contribution in [0.1, 0.15) is 40.3 Å². The van der Waals surface area contributed by atoms with Crippen molar-refractivity contribution in [1.82, 2.24) is 24.7 Å². The van der Waals surface area contributed by atoms with E-state index in [-0.39, 0.29) is 11.8 Å². The molecule has 0 radical (unpaired) electrons. The number of benzene rings is 1. The molecule has 3 heterocycles. The monoisotopic (exact) mass is 492 g/mol. The third-order valence-corrected chi connectivity index (χ3v) is 6.67. The highest BCUT2D eigenvalue weighted by Gasteiger charge is 2.24. The number of aryl methyl sites for hydroxylation is 2. The number of primary amides is 1. The number of nitrogens with zero attached hydrogens (tertiary/aromatic N) is 5. The molecule has 1 fully saturated rings. The maximum Gasteiger partial charge on any atom is 0.271 e. The number of aliphatic hydroxyl groups excluding tert-OH is 1. The summed E-state index contributed by atoms with van der Waals surface area (Å²) in [6.07, 6.45) is 1.59. The molecule has 33 heavy (non-hydrogen) atoms. The van der Waals surface area contributed by atoms with Gasteiger partial charge in [-0.05, 0) is 38.8 Å². The summed E-state index contributed by atoms with van der Waals surface area (Å²) in [5.74, 6) is 0.0607. The number of likely N-dealkylation sites (tertiary alicyclic amines) is 1. The van der Waals surface area contributed by atoms with Crippen molar-refractivity contribution >= 4 is 34.8 Å². The smallest absolute Gasteiger partial charge is 0.271 e. The molecule has 1 atom stereocenters. The lowest BCUT2D eigenvalue weighted by atomic mass is 10.0. The average Bonchev–Trinajstić information content (AvgIpc) is 3.08. The Labute approximate surface area is 201 Å². The molecule has 1 saturated heterocycles. The van der Waals surface area contributed by atoms with E-state index in [0.717, 1.165) is 37.2 Å². The molecule has 1 aliphatic heterocycles. The van der Waals surface area contributed by atoms with Gasteiger partial charge in [0, 0.05) is 37.7 Å². The van der Waals surface area contributed by atoms with Crippen LogP contribution in [0.25, 0.3) is 5.65 Å². The highest BCUT2D eigenvalue weighted by atomic mass is 35.5. The van der Waals surface area contributed by atoms with Gasteiger partial charge in [0.05, 0.1) is 27.5 Å². The van der Waals surface area contributed by atoms with Gasteiger partial charge in [-0.1, -0.05) is 23.2 Å². The Balaban J connectivity index is 1.34. The van der Waals surface area contributed by atoms with E-state index >= 15 is 0 Å². The van der Waals surface area contributed by atoms with Crippen molar-refractivity contribution in [2.24, 2.45) is 5.73 Å². The summed E-state index contributed by atoms with van der Waals surface area (Å²) in [6, 6.07) is 5.28. The lowest BCUT2D eigenvalue weighted by molar-refractivity contribution is 0.0614. The van der Waals surface area contributed by atoms with Crippen molar-refractivity contribution in [3.05, 3.63) is 50.9 Å². The van der Waals surface area contributed by atoms with Crippen LogP contribution in [-0.4, -0.2) is 67.6 Å². The Bertz CT molecular complexity index is 1180. The highest BCUT2D eigenvalue weighted by Crippen LogP contribution is 2.28. The van der Waals surface area contributed by atoms with Gasteiger partial charge in [-0.25, -0.2) is 4.52 Å². The second kappa shape index (κ2) is 9.80. The van der Waals surface area contributed by atoms with Crippen LogP contribution in [-0.2, 0) is 6.42 Å². The van der Waals surface area contributed by atoms with Gasteiger partial charge in [0.15, 0.2) is 11.3 Å². The molecule has 3 N–H and O–H groups in total. The van der Waals surface area contributed by atoms with E-state index in [1.54, 1.807) is 23.6 Å². The number of amides is 1. The first kappa shape index (κ1) is 23.7. The van der Waals surface area contributed by atoms with Crippen molar-refractivity contribution in [1.29, 1.82) is 0 Å². The summed E-state index contributed by atoms with van der Waals surface area (Å²) < 4.78 is 7.61. The molecule has 9 nitrogen and oxygen atoms in total. The molecule has 1 aliphatic rings. The van der Waals surface area contributed by atoms with Crippen LogP contribution in [0.3, 0.4) is 0 Å². The minimum atomic E-state index is -0.650. The summed E-state index contributed by atoms with van der Waals surface area (Å²) in [5, 5.41) is 24.3. The first-order valence-corrected chi connectivity index (χ1v) is 11.5. The number of carbonyl (C=O) groups excluding carboxylic acids is 1. The molecule has 0 aliphatic carbocycles. The molecule has 1 aromatic carbocycles. The number of halogens is 2. The Kier molecular flexibility index (Phi) is 7.04. The van der Waals surface area contributed by atoms with E-state index in [4.69, 9.17) is 33.7 Å². The number of rotatable bonds is 7. The van der Waals surface area contributed by atoms with Gasteiger partial charge in [0.1, 0.15) is 11.9 Å². The number of ether oxygens (including phenoxy) is 1. The zero-order chi connectivity index (χ0) is 23.7. The number of hydrogen-bond acceptors (Lipinski definition) is 7. The molecule has 176 valence electrons. The zero-order valence-corrected chi connectivity index (χ0v) is 20.0. The average molecular weight is 493 g/mol. The molecule has 0 bridgehead atoms. The SMILES string of the molecule is Cc1nn2c(C)c(C(N)=O)nnc2c1C[C@@H](O)CN1CCC(Oc2ccc(Cl)c(Cl)c2)CC1. The van der Waals surface area contributed by atoms with E-state index in [0.29, 0.717) is 40.1 Å². The molecule has 4 rings (SSSR count). The number of aromatic nitrogens is 4. The van der Waals surface area contributed by atoms with Gasteiger partial charge < -0.3 is 20.5 Å². The number of β-amino-alcohol motifs (C(OH)–C–C–N with tert-alkyl or cyclic N) is 1. The van der Waals surface area contributed by atoms with Gasteiger partial charge in [0.25, 0.3) is 5.91 Å². The third-order valence-electron chi connectivity index (χ3n) is 5.93. The van der Waals surface area contributed by atoms with Gasteiger partial charge in [-0.2, -0.15) is 5.10 Å². The Hall–Kier alpha value is -2.46. The minimum Gasteiger partial charge on any atom is -0.490 e. The fourth-order valence-corrected chi connectivity index (χ4v) is 4.46. The number of hydrogen-bond donors (Lipinski definition) is 2. The maximum absolute atomic E-state index is 11.5. The number of piperidine rings is 1. The van der Waals surface area contributed by atoms with Crippen molar-refractivity contribution in [3.63, 3.8) is 0 Å². The molecule has 0 saturated carbocycles. The topological polar surface area (TPSA) is 119 Å². The third kappa shape index (κ3) is 5.22. The molecule has 0 spiro atoms. The normalized spacial score (nSPS) is 16.3. The Morgan fingerprint density at radius 2 is 1.97 bits per heavy atom. The van der Waals surface area contributed by atoms with E-state index in [1.165, 1.54) is 0 Å². The van der Waals surface area contributed by atoms with Gasteiger partial charge in [-0.3, -0.25) is 4.79 Å². The van der Waals surface area contributed by atoms with Gasteiger partial charge in [0.2, 0.25) is 0 Å². The predicted molar refractivity (Wildman–Crippen MR) is 125 cm³/mol. The molecular weight excluding hydrogens is 467 g/mol.